The van der Waals surface area contributed by atoms with Crippen molar-refractivity contribution >= 4 is 29.8 Å². The smallest absolute Gasteiger partial charge is 0.312 e. The molecule has 2 N–H and O–H groups in total. The summed E-state index contributed by atoms with van der Waals surface area (Å²) in [5.41, 5.74) is 7.73. The third kappa shape index (κ3) is 11.6. The topological polar surface area (TPSA) is 70.4 Å². The first kappa shape index (κ1) is 35.0. The van der Waals surface area contributed by atoms with E-state index < -0.39 is 18.1 Å². The Morgan fingerprint density at radius 3 is 2.27 bits per heavy atom. The number of aliphatic imine (C=N–C) groups is 3. The normalized spacial score (nSPS) is 13.4. The first-order valence-corrected chi connectivity index (χ1v) is 13.2. The summed E-state index contributed by atoms with van der Waals surface area (Å²) >= 11 is 0. The average Bonchev–Trinajstić information content (AvgIpc) is 2.97. The van der Waals surface area contributed by atoms with E-state index >= 15 is 0 Å². The van der Waals surface area contributed by atoms with E-state index in [9.17, 15) is 13.2 Å². The Labute approximate surface area is 242 Å². The molecular formula is C32H42F3N5O. The third-order valence-electron chi connectivity index (χ3n) is 6.14. The van der Waals surface area contributed by atoms with E-state index in [0.717, 1.165) is 47.6 Å². The largest absolute Gasteiger partial charge is 0.438 e. The molecule has 0 aliphatic carbocycles. The van der Waals surface area contributed by atoms with Crippen molar-refractivity contribution in [3.8, 4) is 0 Å². The summed E-state index contributed by atoms with van der Waals surface area (Å²) in [6.07, 6.45) is -1.08. The van der Waals surface area contributed by atoms with Crippen molar-refractivity contribution in [3.05, 3.63) is 95.0 Å². The predicted molar refractivity (Wildman–Crippen MR) is 168 cm³/mol. The van der Waals surface area contributed by atoms with E-state index in [-0.39, 0.29) is 11.3 Å². The lowest BCUT2D eigenvalue weighted by molar-refractivity contribution is 0.196. The van der Waals surface area contributed by atoms with Gasteiger partial charge in [-0.05, 0) is 74.8 Å². The van der Waals surface area contributed by atoms with Gasteiger partial charge in [-0.25, -0.2) is 4.39 Å². The van der Waals surface area contributed by atoms with Crippen LogP contribution in [0.3, 0.4) is 0 Å². The fourth-order valence-corrected chi connectivity index (χ4v) is 3.63. The van der Waals surface area contributed by atoms with E-state index in [1.807, 2.05) is 27.0 Å². The monoisotopic (exact) mass is 569 g/mol. The highest BCUT2D eigenvalue weighted by Gasteiger charge is 2.18. The van der Waals surface area contributed by atoms with Gasteiger partial charge in [0.2, 0.25) is 0 Å². The number of hydrogen-bond donors (Lipinski definition) is 2. The summed E-state index contributed by atoms with van der Waals surface area (Å²) in [5.74, 6) is -1.51. The summed E-state index contributed by atoms with van der Waals surface area (Å²) in [6.45, 7) is 18.8. The first-order chi connectivity index (χ1) is 19.5. The number of rotatable bonds is 8. The van der Waals surface area contributed by atoms with E-state index in [0.29, 0.717) is 6.42 Å². The number of ether oxygens (including phenoxy) is 1. The Hall–Kier alpha value is -3.98. The zero-order chi connectivity index (χ0) is 30.9. The highest BCUT2D eigenvalue weighted by molar-refractivity contribution is 5.99. The summed E-state index contributed by atoms with van der Waals surface area (Å²) in [7, 11) is 4.63. The zero-order valence-corrected chi connectivity index (χ0v) is 25.0. The van der Waals surface area contributed by atoms with Gasteiger partial charge in [0.1, 0.15) is 11.6 Å². The highest BCUT2D eigenvalue weighted by Crippen LogP contribution is 2.21. The van der Waals surface area contributed by atoms with Crippen molar-refractivity contribution in [1.29, 1.82) is 0 Å². The molecule has 0 unspecified atom stereocenters. The highest BCUT2D eigenvalue weighted by atomic mass is 19.3. The molecule has 0 amide bonds. The SMILES string of the molecule is C=C(NC1=C(C)CCNC1)c1cccc(C(C)=NC)c1.C=C(OC(=NC)C(F)F)c1ccc(CC)cc1F.C=NC. The Morgan fingerprint density at radius 2 is 1.73 bits per heavy atom. The van der Waals surface area contributed by atoms with Gasteiger partial charge < -0.3 is 20.4 Å². The first-order valence-electron chi connectivity index (χ1n) is 13.2. The maximum absolute atomic E-state index is 13.7. The van der Waals surface area contributed by atoms with Crippen molar-refractivity contribution in [1.82, 2.24) is 10.6 Å². The predicted octanol–water partition coefficient (Wildman–Crippen LogP) is 6.94. The molecule has 0 saturated carbocycles. The van der Waals surface area contributed by atoms with Gasteiger partial charge in [-0.15, -0.1) is 0 Å². The van der Waals surface area contributed by atoms with Gasteiger partial charge in [-0.3, -0.25) is 9.98 Å². The van der Waals surface area contributed by atoms with Gasteiger partial charge in [0.25, 0.3) is 5.90 Å². The lowest BCUT2D eigenvalue weighted by Gasteiger charge is -2.22. The Kier molecular flexibility index (Phi) is 15.7. The summed E-state index contributed by atoms with van der Waals surface area (Å²) < 4.78 is 43.3. The molecule has 0 fully saturated rings. The molecule has 0 radical (unpaired) electrons. The maximum atomic E-state index is 13.7. The van der Waals surface area contributed by atoms with Crippen molar-refractivity contribution in [2.24, 2.45) is 15.0 Å². The molecule has 0 aromatic heterocycles. The minimum Gasteiger partial charge on any atom is -0.438 e. The van der Waals surface area contributed by atoms with E-state index in [4.69, 9.17) is 4.74 Å². The van der Waals surface area contributed by atoms with Crippen LogP contribution in [0.4, 0.5) is 13.2 Å². The van der Waals surface area contributed by atoms with E-state index in [1.54, 1.807) is 13.1 Å². The van der Waals surface area contributed by atoms with Crippen LogP contribution in [0.5, 0.6) is 0 Å². The van der Waals surface area contributed by atoms with E-state index in [1.165, 1.54) is 30.5 Å². The van der Waals surface area contributed by atoms with E-state index in [2.05, 4.69) is 70.6 Å². The van der Waals surface area contributed by atoms with Crippen LogP contribution >= 0.6 is 0 Å². The third-order valence-corrected chi connectivity index (χ3v) is 6.14. The zero-order valence-electron chi connectivity index (χ0n) is 25.0. The molecule has 1 aliphatic rings. The second-order valence-electron chi connectivity index (χ2n) is 9.05. The second kappa shape index (κ2) is 18.4. The lowest BCUT2D eigenvalue weighted by atomic mass is 10.0. The number of nitrogens with zero attached hydrogens (tertiary/aromatic N) is 3. The maximum Gasteiger partial charge on any atom is 0.312 e. The number of halogens is 3. The van der Waals surface area contributed by atoms with Crippen LogP contribution in [0.2, 0.25) is 0 Å². The minimum absolute atomic E-state index is 0.0500. The molecule has 3 rings (SSSR count). The Morgan fingerprint density at radius 1 is 1.07 bits per heavy atom. The molecule has 9 heteroatoms. The van der Waals surface area contributed by atoms with Crippen molar-refractivity contribution in [3.63, 3.8) is 0 Å². The van der Waals surface area contributed by atoms with Gasteiger partial charge >= 0.3 is 6.43 Å². The Balaban J connectivity index is 0.000000376. The standard InChI is InChI=1S/C17H23N3.C13H14F3NO.C2H5N/c1-12-8-9-19-11-17(12)20-14(3)16-7-5-6-15(10-16)13(2)18-4;1-4-9-5-6-10(11(14)7-9)8(2)18-13(17-3)12(15)16;1-3-2/h5-7,10,19-20H,3,8-9,11H2,1-2,4H3;5-7,12H,2,4H2,1,3H3;1H2,2H3. The van der Waals surface area contributed by atoms with Crippen LogP contribution in [-0.4, -0.2) is 59.0 Å². The number of alkyl halides is 2. The lowest BCUT2D eigenvalue weighted by Crippen LogP contribution is -2.30. The van der Waals surface area contributed by atoms with Gasteiger partial charge in [-0.2, -0.15) is 8.78 Å². The number of hydrogen-bond acceptors (Lipinski definition) is 6. The molecule has 1 heterocycles. The molecular weight excluding hydrogens is 527 g/mol. The fraction of sp³-hybridized carbons (Fsp3) is 0.344. The van der Waals surface area contributed by atoms with Crippen LogP contribution in [0.15, 0.2) is 81.9 Å². The van der Waals surface area contributed by atoms with Crippen LogP contribution in [0, 0.1) is 5.82 Å². The molecule has 0 saturated heterocycles. The summed E-state index contributed by atoms with van der Waals surface area (Å²) in [4.78, 5) is 10.8. The van der Waals surface area contributed by atoms with Gasteiger partial charge in [0, 0.05) is 44.8 Å². The molecule has 41 heavy (non-hydrogen) atoms. The fourth-order valence-electron chi connectivity index (χ4n) is 3.63. The molecule has 1 aliphatic heterocycles. The molecule has 0 atom stereocenters. The van der Waals surface area contributed by atoms with Gasteiger partial charge in [0.15, 0.2) is 0 Å². The quantitative estimate of drug-likeness (QED) is 0.206. The van der Waals surface area contributed by atoms with Crippen LogP contribution in [0.25, 0.3) is 11.5 Å². The van der Waals surface area contributed by atoms with Crippen molar-refractivity contribution in [2.45, 2.75) is 40.0 Å². The number of nitrogens with one attached hydrogen (secondary N) is 2. The molecule has 0 bridgehead atoms. The van der Waals surface area contributed by atoms with Crippen molar-refractivity contribution < 1.29 is 17.9 Å². The molecule has 2 aromatic carbocycles. The number of benzene rings is 2. The van der Waals surface area contributed by atoms with Crippen LogP contribution < -0.4 is 10.6 Å². The Bertz CT molecular complexity index is 1280. The summed E-state index contributed by atoms with van der Waals surface area (Å²) in [6, 6.07) is 12.8. The molecule has 222 valence electrons. The molecule has 2 aromatic rings. The van der Waals surface area contributed by atoms with Crippen LogP contribution in [0.1, 0.15) is 49.4 Å². The van der Waals surface area contributed by atoms with Gasteiger partial charge in [-0.1, -0.05) is 49.9 Å². The van der Waals surface area contributed by atoms with Gasteiger partial charge in [0.05, 0.1) is 5.56 Å². The van der Waals surface area contributed by atoms with Crippen LogP contribution in [-0.2, 0) is 11.2 Å². The summed E-state index contributed by atoms with van der Waals surface area (Å²) in [5, 5.41) is 6.83. The molecule has 0 spiro atoms. The minimum atomic E-state index is -2.86. The molecule has 6 nitrogen and oxygen atoms in total. The number of aryl methyl sites for hydroxylation is 1. The van der Waals surface area contributed by atoms with Crippen molar-refractivity contribution in [2.75, 3.05) is 34.2 Å². The average molecular weight is 570 g/mol. The second-order valence-corrected chi connectivity index (χ2v) is 9.05.